The topological polar surface area (TPSA) is 23.6 Å². The van der Waals surface area contributed by atoms with Gasteiger partial charge in [0.05, 0.1) is 0 Å². The third-order valence-corrected chi connectivity index (χ3v) is 4.31. The molecular weight excluding hydrogens is 292 g/mol. The van der Waals surface area contributed by atoms with Crippen molar-refractivity contribution in [1.29, 1.82) is 0 Å². The van der Waals surface area contributed by atoms with Crippen LogP contribution in [0.5, 0.6) is 0 Å². The van der Waals surface area contributed by atoms with Crippen molar-refractivity contribution in [3.63, 3.8) is 0 Å². The van der Waals surface area contributed by atoms with Crippen molar-refractivity contribution >= 4 is 27.9 Å². The molecule has 1 aromatic carbocycles. The summed E-state index contributed by atoms with van der Waals surface area (Å²) in [6.45, 7) is 6.36. The molecule has 0 aliphatic carbocycles. The molecule has 1 saturated heterocycles. The first-order valence-electron chi connectivity index (χ1n) is 6.24. The SMILES string of the molecule is CC1CN(c2cc(Br)ccc2C=O)CC(C)N1C. The molecule has 3 nitrogen and oxygen atoms in total. The lowest BCUT2D eigenvalue weighted by Gasteiger charge is -2.43. The van der Waals surface area contributed by atoms with Crippen LogP contribution < -0.4 is 4.90 Å². The summed E-state index contributed by atoms with van der Waals surface area (Å²) < 4.78 is 1.02. The van der Waals surface area contributed by atoms with Crippen LogP contribution in [0.15, 0.2) is 22.7 Å². The molecule has 1 aliphatic heterocycles. The summed E-state index contributed by atoms with van der Waals surface area (Å²) in [6.07, 6.45) is 0.940. The predicted molar refractivity (Wildman–Crippen MR) is 78.4 cm³/mol. The van der Waals surface area contributed by atoms with Gasteiger partial charge >= 0.3 is 0 Å². The smallest absolute Gasteiger partial charge is 0.152 e. The Labute approximate surface area is 117 Å². The van der Waals surface area contributed by atoms with Gasteiger partial charge in [-0.3, -0.25) is 9.69 Å². The summed E-state index contributed by atoms with van der Waals surface area (Å²) >= 11 is 3.48. The lowest BCUT2D eigenvalue weighted by Crippen LogP contribution is -2.55. The molecule has 0 radical (unpaired) electrons. The Kier molecular flexibility index (Phi) is 4.07. The zero-order valence-electron chi connectivity index (χ0n) is 11.1. The fourth-order valence-corrected chi connectivity index (χ4v) is 2.84. The molecule has 2 unspecified atom stereocenters. The van der Waals surface area contributed by atoms with E-state index in [1.165, 1.54) is 0 Å². The number of likely N-dealkylation sites (N-methyl/N-ethyl adjacent to an activating group) is 1. The van der Waals surface area contributed by atoms with Crippen LogP contribution in [0.25, 0.3) is 0 Å². The van der Waals surface area contributed by atoms with Gasteiger partial charge in [-0.05, 0) is 39.1 Å². The summed E-state index contributed by atoms with van der Waals surface area (Å²) in [5.74, 6) is 0. The van der Waals surface area contributed by atoms with E-state index in [-0.39, 0.29) is 0 Å². The molecule has 4 heteroatoms. The zero-order valence-corrected chi connectivity index (χ0v) is 12.6. The third-order valence-electron chi connectivity index (χ3n) is 3.82. The maximum Gasteiger partial charge on any atom is 0.152 e. The van der Waals surface area contributed by atoms with E-state index in [2.05, 4.69) is 46.6 Å². The summed E-state index contributed by atoms with van der Waals surface area (Å²) in [4.78, 5) is 15.8. The molecule has 0 amide bonds. The fraction of sp³-hybridized carbons (Fsp3) is 0.500. The van der Waals surface area contributed by atoms with E-state index in [0.717, 1.165) is 35.1 Å². The van der Waals surface area contributed by atoms with Crippen LogP contribution in [0.3, 0.4) is 0 Å². The number of rotatable bonds is 2. The first-order chi connectivity index (χ1) is 8.52. The molecule has 1 fully saturated rings. The second kappa shape index (κ2) is 5.41. The summed E-state index contributed by atoms with van der Waals surface area (Å²) in [7, 11) is 2.16. The van der Waals surface area contributed by atoms with Crippen LogP contribution >= 0.6 is 15.9 Å². The van der Waals surface area contributed by atoms with Crippen molar-refractivity contribution in [3.05, 3.63) is 28.2 Å². The Morgan fingerprint density at radius 2 is 1.89 bits per heavy atom. The van der Waals surface area contributed by atoms with Crippen molar-refractivity contribution in [2.45, 2.75) is 25.9 Å². The van der Waals surface area contributed by atoms with Gasteiger partial charge in [-0.15, -0.1) is 0 Å². The highest BCUT2D eigenvalue weighted by Crippen LogP contribution is 2.27. The molecule has 0 saturated carbocycles. The Bertz CT molecular complexity index is 437. The standard InChI is InChI=1S/C14H19BrN2O/c1-10-7-17(8-11(2)16(10)3)14-6-13(15)5-4-12(14)9-18/h4-6,9-11H,7-8H2,1-3H3. The second-order valence-corrected chi connectivity index (χ2v) is 6.01. The van der Waals surface area contributed by atoms with Crippen LogP contribution in [0, 0.1) is 0 Å². The minimum absolute atomic E-state index is 0.493. The van der Waals surface area contributed by atoms with E-state index < -0.39 is 0 Å². The fourth-order valence-electron chi connectivity index (χ4n) is 2.49. The molecule has 18 heavy (non-hydrogen) atoms. The van der Waals surface area contributed by atoms with Crippen LogP contribution in [0.2, 0.25) is 0 Å². The van der Waals surface area contributed by atoms with E-state index in [1.54, 1.807) is 0 Å². The summed E-state index contributed by atoms with van der Waals surface area (Å²) in [5.41, 5.74) is 1.80. The van der Waals surface area contributed by atoms with E-state index in [0.29, 0.717) is 12.1 Å². The molecular formula is C14H19BrN2O. The van der Waals surface area contributed by atoms with Crippen molar-refractivity contribution in [2.24, 2.45) is 0 Å². The Morgan fingerprint density at radius 3 is 2.44 bits per heavy atom. The second-order valence-electron chi connectivity index (χ2n) is 5.09. The third kappa shape index (κ3) is 2.59. The molecule has 0 bridgehead atoms. The van der Waals surface area contributed by atoms with Crippen molar-refractivity contribution in [3.8, 4) is 0 Å². The average molecular weight is 311 g/mol. The van der Waals surface area contributed by atoms with Gasteiger partial charge in [-0.1, -0.05) is 15.9 Å². The molecule has 2 atom stereocenters. The number of aldehydes is 1. The molecule has 1 aromatic rings. The summed E-state index contributed by atoms with van der Waals surface area (Å²) in [5, 5.41) is 0. The van der Waals surface area contributed by atoms with Crippen LogP contribution in [-0.2, 0) is 0 Å². The quantitative estimate of drug-likeness (QED) is 0.785. The molecule has 0 N–H and O–H groups in total. The maximum absolute atomic E-state index is 11.2. The normalized spacial score (nSPS) is 25.2. The van der Waals surface area contributed by atoms with E-state index >= 15 is 0 Å². The van der Waals surface area contributed by atoms with Gasteiger partial charge in [-0.25, -0.2) is 0 Å². The van der Waals surface area contributed by atoms with Crippen LogP contribution in [0.1, 0.15) is 24.2 Å². The number of anilines is 1. The van der Waals surface area contributed by atoms with Gasteiger partial charge in [0.2, 0.25) is 0 Å². The van der Waals surface area contributed by atoms with Gasteiger partial charge in [0.15, 0.2) is 6.29 Å². The number of benzene rings is 1. The van der Waals surface area contributed by atoms with Gasteiger partial charge < -0.3 is 4.90 Å². The highest BCUT2D eigenvalue weighted by molar-refractivity contribution is 9.10. The number of nitrogens with zero attached hydrogens (tertiary/aromatic N) is 2. The first kappa shape index (κ1) is 13.6. The molecule has 98 valence electrons. The number of halogens is 1. The van der Waals surface area contributed by atoms with Gasteiger partial charge in [-0.2, -0.15) is 0 Å². The highest BCUT2D eigenvalue weighted by atomic mass is 79.9. The molecule has 0 aromatic heterocycles. The van der Waals surface area contributed by atoms with Crippen LogP contribution in [-0.4, -0.2) is 43.4 Å². The predicted octanol–water partition coefficient (Wildman–Crippen LogP) is 2.79. The van der Waals surface area contributed by atoms with E-state index in [1.807, 2.05) is 18.2 Å². The number of hydrogen-bond donors (Lipinski definition) is 0. The van der Waals surface area contributed by atoms with E-state index in [9.17, 15) is 4.79 Å². The number of carbonyl (C=O) groups is 1. The molecule has 1 aliphatic rings. The van der Waals surface area contributed by atoms with Gasteiger partial charge in [0.1, 0.15) is 0 Å². The number of hydrogen-bond acceptors (Lipinski definition) is 3. The average Bonchev–Trinajstić information content (AvgIpc) is 2.35. The van der Waals surface area contributed by atoms with Crippen molar-refractivity contribution < 1.29 is 4.79 Å². The Hall–Kier alpha value is -0.870. The summed E-state index contributed by atoms with van der Waals surface area (Å²) in [6, 6.07) is 6.81. The molecule has 1 heterocycles. The lowest BCUT2D eigenvalue weighted by molar-refractivity contribution is 0.112. The van der Waals surface area contributed by atoms with Gasteiger partial charge in [0, 0.05) is 40.9 Å². The zero-order chi connectivity index (χ0) is 13.3. The van der Waals surface area contributed by atoms with Crippen LogP contribution in [0.4, 0.5) is 5.69 Å². The van der Waals surface area contributed by atoms with E-state index in [4.69, 9.17) is 0 Å². The molecule has 2 rings (SSSR count). The first-order valence-corrected chi connectivity index (χ1v) is 7.04. The number of piperazine rings is 1. The minimum Gasteiger partial charge on any atom is -0.368 e. The number of carbonyl (C=O) groups excluding carboxylic acids is 1. The lowest BCUT2D eigenvalue weighted by atomic mass is 10.1. The Balaban J connectivity index is 2.31. The molecule has 0 spiro atoms. The Morgan fingerprint density at radius 1 is 1.28 bits per heavy atom. The maximum atomic E-state index is 11.2. The minimum atomic E-state index is 0.493. The van der Waals surface area contributed by atoms with Gasteiger partial charge in [0.25, 0.3) is 0 Å². The monoisotopic (exact) mass is 310 g/mol. The largest absolute Gasteiger partial charge is 0.368 e. The van der Waals surface area contributed by atoms with Crippen molar-refractivity contribution in [1.82, 2.24) is 4.90 Å². The highest BCUT2D eigenvalue weighted by Gasteiger charge is 2.27. The van der Waals surface area contributed by atoms with Crippen molar-refractivity contribution in [2.75, 3.05) is 25.0 Å².